The molecule has 0 radical (unpaired) electrons. The van der Waals surface area contributed by atoms with Crippen molar-refractivity contribution in [1.29, 1.82) is 0 Å². The smallest absolute Gasteiger partial charge is 0.175 e. The van der Waals surface area contributed by atoms with Gasteiger partial charge in [-0.05, 0) is 33.8 Å². The van der Waals surface area contributed by atoms with Crippen LogP contribution in [0, 0.1) is 0 Å². The van der Waals surface area contributed by atoms with Gasteiger partial charge in [-0.3, -0.25) is 4.79 Å². The third-order valence-corrected chi connectivity index (χ3v) is 3.72. The molecular formula is C9H12BrNOS. The number of nitrogens with two attached hydrogens (primary N) is 1. The molecule has 72 valence electrons. The highest BCUT2D eigenvalue weighted by atomic mass is 79.9. The van der Waals surface area contributed by atoms with Crippen LogP contribution in [0.3, 0.4) is 0 Å². The van der Waals surface area contributed by atoms with E-state index in [0.717, 1.165) is 15.8 Å². The van der Waals surface area contributed by atoms with Crippen molar-refractivity contribution >= 4 is 33.0 Å². The number of carbonyl (C=O) groups is 1. The fourth-order valence-electron chi connectivity index (χ4n) is 0.968. The van der Waals surface area contributed by atoms with Crippen LogP contribution in [0.4, 0.5) is 0 Å². The molecule has 1 rings (SSSR count). The Morgan fingerprint density at radius 3 is 2.92 bits per heavy atom. The van der Waals surface area contributed by atoms with E-state index in [1.54, 1.807) is 0 Å². The Morgan fingerprint density at radius 2 is 2.46 bits per heavy atom. The number of halogens is 1. The van der Waals surface area contributed by atoms with Crippen LogP contribution in [0.5, 0.6) is 0 Å². The van der Waals surface area contributed by atoms with Gasteiger partial charge in [0, 0.05) is 16.9 Å². The van der Waals surface area contributed by atoms with E-state index in [0.29, 0.717) is 6.42 Å². The molecule has 1 aromatic rings. The molecule has 1 atom stereocenters. The first-order valence-electron chi connectivity index (χ1n) is 4.17. The SMILES string of the molecule is CCC(N)CC(=O)c1sccc1Br. The summed E-state index contributed by atoms with van der Waals surface area (Å²) in [5, 5.41) is 1.90. The van der Waals surface area contributed by atoms with Crippen LogP contribution < -0.4 is 5.73 Å². The molecule has 0 bridgehead atoms. The molecule has 0 saturated heterocycles. The molecule has 1 unspecified atom stereocenters. The zero-order chi connectivity index (χ0) is 9.84. The predicted molar refractivity (Wildman–Crippen MR) is 59.2 cm³/mol. The van der Waals surface area contributed by atoms with E-state index in [1.165, 1.54) is 11.3 Å². The Morgan fingerprint density at radius 1 is 1.77 bits per heavy atom. The van der Waals surface area contributed by atoms with E-state index < -0.39 is 0 Å². The minimum absolute atomic E-state index is 0.0125. The van der Waals surface area contributed by atoms with E-state index in [9.17, 15) is 4.79 Å². The first-order valence-corrected chi connectivity index (χ1v) is 5.84. The topological polar surface area (TPSA) is 43.1 Å². The van der Waals surface area contributed by atoms with Crippen LogP contribution in [0.2, 0.25) is 0 Å². The standard InChI is InChI=1S/C9H12BrNOS/c1-2-6(11)5-8(12)9-7(10)3-4-13-9/h3-4,6H,2,5,11H2,1H3. The van der Waals surface area contributed by atoms with Gasteiger partial charge in [0.15, 0.2) is 5.78 Å². The number of carbonyl (C=O) groups excluding carboxylic acids is 1. The van der Waals surface area contributed by atoms with Gasteiger partial charge in [-0.1, -0.05) is 6.92 Å². The third-order valence-electron chi connectivity index (χ3n) is 1.84. The van der Waals surface area contributed by atoms with Crippen molar-refractivity contribution in [3.05, 3.63) is 20.8 Å². The molecule has 1 aromatic heterocycles. The second kappa shape index (κ2) is 4.88. The molecule has 0 aliphatic heterocycles. The van der Waals surface area contributed by atoms with Crippen LogP contribution in [0.1, 0.15) is 29.4 Å². The fourth-order valence-corrected chi connectivity index (χ4v) is 2.51. The Kier molecular flexibility index (Phi) is 4.09. The summed E-state index contributed by atoms with van der Waals surface area (Å²) in [5.74, 6) is 0.135. The lowest BCUT2D eigenvalue weighted by atomic mass is 10.1. The minimum Gasteiger partial charge on any atom is -0.327 e. The lowest BCUT2D eigenvalue weighted by Gasteiger charge is -2.05. The highest BCUT2D eigenvalue weighted by molar-refractivity contribution is 9.10. The average Bonchev–Trinajstić information content (AvgIpc) is 2.51. The summed E-state index contributed by atoms with van der Waals surface area (Å²) < 4.78 is 0.880. The minimum atomic E-state index is -0.0125. The molecular weight excluding hydrogens is 250 g/mol. The van der Waals surface area contributed by atoms with Gasteiger partial charge in [0.05, 0.1) is 4.88 Å². The lowest BCUT2D eigenvalue weighted by molar-refractivity contribution is 0.0977. The van der Waals surface area contributed by atoms with Crippen molar-refractivity contribution in [3.63, 3.8) is 0 Å². The highest BCUT2D eigenvalue weighted by Gasteiger charge is 2.14. The van der Waals surface area contributed by atoms with Crippen molar-refractivity contribution in [2.75, 3.05) is 0 Å². The van der Waals surface area contributed by atoms with E-state index in [1.807, 2.05) is 18.4 Å². The van der Waals surface area contributed by atoms with Crippen LogP contribution in [-0.2, 0) is 0 Å². The molecule has 13 heavy (non-hydrogen) atoms. The van der Waals surface area contributed by atoms with Gasteiger partial charge in [-0.2, -0.15) is 0 Å². The Bertz CT molecular complexity index is 298. The molecule has 2 nitrogen and oxygen atoms in total. The van der Waals surface area contributed by atoms with Crippen molar-refractivity contribution in [2.45, 2.75) is 25.8 Å². The summed E-state index contributed by atoms with van der Waals surface area (Å²) in [4.78, 5) is 12.4. The molecule has 1 heterocycles. The maximum Gasteiger partial charge on any atom is 0.175 e. The summed E-state index contributed by atoms with van der Waals surface area (Å²) in [6, 6.07) is 1.87. The van der Waals surface area contributed by atoms with Crippen LogP contribution in [0.15, 0.2) is 15.9 Å². The number of Topliss-reactive ketones (excluding diaryl/α,β-unsaturated/α-hetero) is 1. The second-order valence-corrected chi connectivity index (χ2v) is 4.66. The van der Waals surface area contributed by atoms with Crippen LogP contribution in [0.25, 0.3) is 0 Å². The molecule has 0 aromatic carbocycles. The molecule has 0 amide bonds. The van der Waals surface area contributed by atoms with Gasteiger partial charge < -0.3 is 5.73 Å². The maximum atomic E-state index is 11.6. The van der Waals surface area contributed by atoms with E-state index in [4.69, 9.17) is 5.73 Å². The fraction of sp³-hybridized carbons (Fsp3) is 0.444. The number of rotatable bonds is 4. The van der Waals surface area contributed by atoms with Crippen molar-refractivity contribution in [2.24, 2.45) is 5.73 Å². The van der Waals surface area contributed by atoms with Gasteiger partial charge in [0.1, 0.15) is 0 Å². The Balaban J connectivity index is 2.64. The summed E-state index contributed by atoms with van der Waals surface area (Å²) in [7, 11) is 0. The summed E-state index contributed by atoms with van der Waals surface area (Å²) in [6.07, 6.45) is 1.28. The number of hydrogen-bond acceptors (Lipinski definition) is 3. The zero-order valence-electron chi connectivity index (χ0n) is 7.42. The van der Waals surface area contributed by atoms with Gasteiger partial charge in [0.25, 0.3) is 0 Å². The average molecular weight is 262 g/mol. The third kappa shape index (κ3) is 2.90. The molecule has 0 aliphatic rings. The molecule has 4 heteroatoms. The van der Waals surface area contributed by atoms with Gasteiger partial charge in [0.2, 0.25) is 0 Å². The first-order chi connectivity index (χ1) is 6.15. The summed E-state index contributed by atoms with van der Waals surface area (Å²) in [5.41, 5.74) is 5.70. The molecule has 0 aliphatic carbocycles. The van der Waals surface area contributed by atoms with Crippen molar-refractivity contribution < 1.29 is 4.79 Å². The zero-order valence-corrected chi connectivity index (χ0v) is 9.82. The molecule has 2 N–H and O–H groups in total. The van der Waals surface area contributed by atoms with Gasteiger partial charge >= 0.3 is 0 Å². The first kappa shape index (κ1) is 10.9. The number of hydrogen-bond donors (Lipinski definition) is 1. The quantitative estimate of drug-likeness (QED) is 0.848. The largest absolute Gasteiger partial charge is 0.327 e. The van der Waals surface area contributed by atoms with E-state index in [2.05, 4.69) is 15.9 Å². The maximum absolute atomic E-state index is 11.6. The Hall–Kier alpha value is -0.190. The van der Waals surface area contributed by atoms with Crippen LogP contribution >= 0.6 is 27.3 Å². The predicted octanol–water partition coefficient (Wildman–Crippen LogP) is 2.82. The lowest BCUT2D eigenvalue weighted by Crippen LogP contribution is -2.22. The monoisotopic (exact) mass is 261 g/mol. The van der Waals surface area contributed by atoms with Gasteiger partial charge in [-0.25, -0.2) is 0 Å². The van der Waals surface area contributed by atoms with Crippen molar-refractivity contribution in [1.82, 2.24) is 0 Å². The Labute approximate surface area is 90.3 Å². The summed E-state index contributed by atoms with van der Waals surface area (Å²) in [6.45, 7) is 1.99. The number of thiophene rings is 1. The van der Waals surface area contributed by atoms with Crippen molar-refractivity contribution in [3.8, 4) is 0 Å². The molecule has 0 spiro atoms. The molecule has 0 fully saturated rings. The van der Waals surface area contributed by atoms with E-state index >= 15 is 0 Å². The van der Waals surface area contributed by atoms with Crippen LogP contribution in [-0.4, -0.2) is 11.8 Å². The van der Waals surface area contributed by atoms with Gasteiger partial charge in [-0.15, -0.1) is 11.3 Å². The van der Waals surface area contributed by atoms with E-state index in [-0.39, 0.29) is 11.8 Å². The highest BCUT2D eigenvalue weighted by Crippen LogP contribution is 2.24. The second-order valence-electron chi connectivity index (χ2n) is 2.89. The molecule has 0 saturated carbocycles. The summed E-state index contributed by atoms with van der Waals surface area (Å²) >= 11 is 4.79. The number of ketones is 1. The normalized spacial score (nSPS) is 12.8.